The lowest BCUT2D eigenvalue weighted by atomic mass is 10.2. The molecule has 2 aromatic carbocycles. The highest BCUT2D eigenvalue weighted by atomic mass is 35.5. The van der Waals surface area contributed by atoms with E-state index < -0.39 is 0 Å². The number of nitrogens with zero attached hydrogens (tertiary/aromatic N) is 1. The number of pyridine rings is 1. The zero-order valence-electron chi connectivity index (χ0n) is 14.9. The minimum atomic E-state index is -0.225. The minimum absolute atomic E-state index is 0.225. The van der Waals surface area contributed by atoms with Gasteiger partial charge in [-0.1, -0.05) is 29.8 Å². The van der Waals surface area contributed by atoms with Crippen molar-refractivity contribution in [3.8, 4) is 11.5 Å². The normalized spacial score (nSPS) is 11.9. The Kier molecular flexibility index (Phi) is 5.30. The van der Waals surface area contributed by atoms with E-state index in [1.54, 1.807) is 24.4 Å². The van der Waals surface area contributed by atoms with Crippen molar-refractivity contribution in [2.45, 2.75) is 13.1 Å². The molecule has 0 spiro atoms. The zero-order chi connectivity index (χ0) is 19.3. The first-order valence-corrected chi connectivity index (χ1v) is 9.16. The fourth-order valence-electron chi connectivity index (χ4n) is 2.76. The highest BCUT2D eigenvalue weighted by molar-refractivity contribution is 6.30. The number of rotatable bonds is 6. The molecule has 4 rings (SSSR count). The van der Waals surface area contributed by atoms with Gasteiger partial charge in [0.25, 0.3) is 5.91 Å². The van der Waals surface area contributed by atoms with Gasteiger partial charge in [0.1, 0.15) is 5.69 Å². The van der Waals surface area contributed by atoms with E-state index in [1.807, 2.05) is 36.4 Å². The number of aromatic nitrogens is 1. The van der Waals surface area contributed by atoms with Crippen LogP contribution in [0.25, 0.3) is 0 Å². The van der Waals surface area contributed by atoms with E-state index in [2.05, 4.69) is 15.6 Å². The molecule has 6 nitrogen and oxygen atoms in total. The van der Waals surface area contributed by atoms with Gasteiger partial charge >= 0.3 is 0 Å². The molecule has 0 unspecified atom stereocenters. The summed E-state index contributed by atoms with van der Waals surface area (Å²) in [4.78, 5) is 16.5. The lowest BCUT2D eigenvalue weighted by Gasteiger charge is -2.08. The Hall–Kier alpha value is -3.25. The molecule has 7 heteroatoms. The van der Waals surface area contributed by atoms with Crippen molar-refractivity contribution in [1.29, 1.82) is 0 Å². The third-order valence-electron chi connectivity index (χ3n) is 4.30. The van der Waals surface area contributed by atoms with Crippen LogP contribution in [0.3, 0.4) is 0 Å². The van der Waals surface area contributed by atoms with E-state index in [0.29, 0.717) is 23.8 Å². The van der Waals surface area contributed by atoms with Crippen LogP contribution in [0.2, 0.25) is 5.02 Å². The van der Waals surface area contributed by atoms with Crippen LogP contribution in [0, 0.1) is 0 Å². The first-order valence-electron chi connectivity index (χ1n) is 8.78. The number of benzene rings is 2. The molecular weight excluding hydrogens is 378 g/mol. The Morgan fingerprint density at radius 1 is 0.964 bits per heavy atom. The number of halogens is 1. The maximum atomic E-state index is 12.2. The molecule has 0 aliphatic carbocycles. The van der Waals surface area contributed by atoms with Crippen LogP contribution in [0.5, 0.6) is 11.5 Å². The number of hydrogen-bond donors (Lipinski definition) is 2. The number of carbonyl (C=O) groups is 1. The quantitative estimate of drug-likeness (QED) is 0.659. The van der Waals surface area contributed by atoms with Gasteiger partial charge < -0.3 is 20.1 Å². The Morgan fingerprint density at radius 3 is 2.54 bits per heavy atom. The van der Waals surface area contributed by atoms with E-state index in [-0.39, 0.29) is 12.7 Å². The van der Waals surface area contributed by atoms with E-state index in [9.17, 15) is 4.79 Å². The number of carbonyl (C=O) groups excluding carboxylic acids is 1. The zero-order valence-corrected chi connectivity index (χ0v) is 15.7. The summed E-state index contributed by atoms with van der Waals surface area (Å²) in [6.07, 6.45) is 1.64. The highest BCUT2D eigenvalue weighted by Gasteiger charge is 2.13. The third-order valence-corrected chi connectivity index (χ3v) is 4.55. The molecule has 1 amide bonds. The summed E-state index contributed by atoms with van der Waals surface area (Å²) in [5, 5.41) is 6.79. The third kappa shape index (κ3) is 4.35. The fraction of sp³-hybridized carbons (Fsp3) is 0.143. The number of ether oxygens (including phenoxy) is 2. The van der Waals surface area contributed by atoms with Gasteiger partial charge in [-0.05, 0) is 47.5 Å². The number of anilines is 1. The molecule has 1 aromatic heterocycles. The van der Waals surface area contributed by atoms with Gasteiger partial charge in [0.2, 0.25) is 6.79 Å². The van der Waals surface area contributed by atoms with Crippen molar-refractivity contribution in [3.05, 3.63) is 82.6 Å². The highest BCUT2D eigenvalue weighted by Crippen LogP contribution is 2.32. The van der Waals surface area contributed by atoms with Gasteiger partial charge in [0, 0.05) is 18.1 Å². The van der Waals surface area contributed by atoms with Crippen LogP contribution in [0.1, 0.15) is 21.6 Å². The molecule has 0 saturated heterocycles. The molecule has 0 radical (unpaired) electrons. The largest absolute Gasteiger partial charge is 0.454 e. The summed E-state index contributed by atoms with van der Waals surface area (Å²) in [5.41, 5.74) is 3.23. The van der Waals surface area contributed by atoms with E-state index >= 15 is 0 Å². The van der Waals surface area contributed by atoms with Crippen molar-refractivity contribution in [1.82, 2.24) is 10.3 Å². The minimum Gasteiger partial charge on any atom is -0.454 e. The molecule has 0 saturated carbocycles. The monoisotopic (exact) mass is 395 g/mol. The van der Waals surface area contributed by atoms with Gasteiger partial charge in [-0.3, -0.25) is 4.79 Å². The van der Waals surface area contributed by atoms with Gasteiger partial charge in [-0.15, -0.1) is 0 Å². The molecule has 3 aromatic rings. The number of fused-ring (bicyclic) bond motifs is 1. The average Bonchev–Trinajstić information content (AvgIpc) is 3.20. The van der Waals surface area contributed by atoms with Crippen LogP contribution in [-0.2, 0) is 13.1 Å². The smallest absolute Gasteiger partial charge is 0.270 e. The topological polar surface area (TPSA) is 72.5 Å². The van der Waals surface area contributed by atoms with Gasteiger partial charge in [-0.2, -0.15) is 0 Å². The molecule has 0 atom stereocenters. The molecule has 2 N–H and O–H groups in total. The molecule has 1 aliphatic rings. The lowest BCUT2D eigenvalue weighted by molar-refractivity contribution is 0.0946. The SMILES string of the molecule is O=C(NCc1ccc(Cl)cc1)c1ccc(NCc2ccc3c(c2)OCO3)cn1. The van der Waals surface area contributed by atoms with E-state index in [4.69, 9.17) is 21.1 Å². The van der Waals surface area contributed by atoms with Gasteiger partial charge in [0.15, 0.2) is 11.5 Å². The molecular formula is C21H18ClN3O3. The molecule has 28 heavy (non-hydrogen) atoms. The van der Waals surface area contributed by atoms with E-state index in [0.717, 1.165) is 28.3 Å². The number of nitrogens with one attached hydrogen (secondary N) is 2. The molecule has 1 aliphatic heterocycles. The van der Waals surface area contributed by atoms with Crippen LogP contribution in [0.15, 0.2) is 60.8 Å². The maximum Gasteiger partial charge on any atom is 0.270 e. The lowest BCUT2D eigenvalue weighted by Crippen LogP contribution is -2.23. The van der Waals surface area contributed by atoms with E-state index in [1.165, 1.54) is 0 Å². The Balaban J connectivity index is 1.30. The van der Waals surface area contributed by atoms with Crippen LogP contribution < -0.4 is 20.1 Å². The Labute approximate surface area is 167 Å². The van der Waals surface area contributed by atoms with Gasteiger partial charge in [0.05, 0.1) is 11.9 Å². The molecule has 0 bridgehead atoms. The van der Waals surface area contributed by atoms with Crippen molar-refractivity contribution in [3.63, 3.8) is 0 Å². The van der Waals surface area contributed by atoms with Crippen LogP contribution in [-0.4, -0.2) is 17.7 Å². The first-order chi connectivity index (χ1) is 13.7. The van der Waals surface area contributed by atoms with Crippen LogP contribution in [0.4, 0.5) is 5.69 Å². The van der Waals surface area contributed by atoms with Gasteiger partial charge in [-0.25, -0.2) is 4.98 Å². The molecule has 2 heterocycles. The van der Waals surface area contributed by atoms with Crippen molar-refractivity contribution in [2.75, 3.05) is 12.1 Å². The summed E-state index contributed by atoms with van der Waals surface area (Å²) in [6, 6.07) is 16.7. The summed E-state index contributed by atoms with van der Waals surface area (Å²) >= 11 is 5.86. The Bertz CT molecular complexity index is 975. The Morgan fingerprint density at radius 2 is 1.75 bits per heavy atom. The fourth-order valence-corrected chi connectivity index (χ4v) is 2.89. The number of amides is 1. The number of hydrogen-bond acceptors (Lipinski definition) is 5. The second-order valence-electron chi connectivity index (χ2n) is 6.28. The predicted molar refractivity (Wildman–Crippen MR) is 107 cm³/mol. The average molecular weight is 396 g/mol. The second kappa shape index (κ2) is 8.19. The summed E-state index contributed by atoms with van der Waals surface area (Å²) in [6.45, 7) is 1.29. The first kappa shape index (κ1) is 18.1. The predicted octanol–water partition coefficient (Wildman–Crippen LogP) is 4.01. The summed E-state index contributed by atoms with van der Waals surface area (Å²) in [5.74, 6) is 1.29. The van der Waals surface area contributed by atoms with Crippen molar-refractivity contribution >= 4 is 23.2 Å². The molecule has 142 valence electrons. The van der Waals surface area contributed by atoms with Crippen molar-refractivity contribution < 1.29 is 14.3 Å². The second-order valence-corrected chi connectivity index (χ2v) is 6.72. The summed E-state index contributed by atoms with van der Waals surface area (Å²) < 4.78 is 10.7. The van der Waals surface area contributed by atoms with Crippen LogP contribution >= 0.6 is 11.6 Å². The van der Waals surface area contributed by atoms with Crippen molar-refractivity contribution in [2.24, 2.45) is 0 Å². The standard InChI is InChI=1S/C21H18ClN3O3/c22-16-4-1-14(2-5-16)10-25-21(26)18-7-6-17(12-24-18)23-11-15-3-8-19-20(9-15)28-13-27-19/h1-9,12,23H,10-11,13H2,(H,25,26). The summed E-state index contributed by atoms with van der Waals surface area (Å²) in [7, 11) is 0. The maximum absolute atomic E-state index is 12.2. The molecule has 0 fully saturated rings.